The number of carbonyl (C=O) groups excluding carboxylic acids is 1. The number of nitrogens with zero attached hydrogens (tertiary/aromatic N) is 1. The molecule has 3 nitrogen and oxygen atoms in total. The topological polar surface area (TPSA) is 29.5 Å². The average molecular weight is 261 g/mol. The van der Waals surface area contributed by atoms with Crippen LogP contribution in [0.25, 0.3) is 0 Å². The first kappa shape index (κ1) is 13.9. The van der Waals surface area contributed by atoms with Crippen LogP contribution in [0, 0.1) is 5.92 Å². The van der Waals surface area contributed by atoms with E-state index in [0.717, 1.165) is 24.7 Å². The lowest BCUT2D eigenvalue weighted by Gasteiger charge is -2.12. The molecule has 3 heteroatoms. The summed E-state index contributed by atoms with van der Waals surface area (Å²) in [5.74, 6) is 1.74. The summed E-state index contributed by atoms with van der Waals surface area (Å²) in [5, 5.41) is 0. The van der Waals surface area contributed by atoms with Crippen LogP contribution in [0.4, 0.5) is 0 Å². The van der Waals surface area contributed by atoms with Crippen LogP contribution in [-0.4, -0.2) is 31.5 Å². The van der Waals surface area contributed by atoms with E-state index in [9.17, 15) is 4.79 Å². The largest absolute Gasteiger partial charge is 0.494 e. The van der Waals surface area contributed by atoms with Gasteiger partial charge in [-0.2, -0.15) is 0 Å². The summed E-state index contributed by atoms with van der Waals surface area (Å²) in [6.45, 7) is 0.783. The van der Waals surface area contributed by atoms with E-state index in [0.29, 0.717) is 5.56 Å². The van der Waals surface area contributed by atoms with E-state index in [1.807, 2.05) is 24.3 Å². The van der Waals surface area contributed by atoms with Crippen LogP contribution in [0.1, 0.15) is 42.5 Å². The number of hydrogen-bond acceptors (Lipinski definition) is 2. The van der Waals surface area contributed by atoms with Gasteiger partial charge in [0.05, 0.1) is 6.61 Å². The Hall–Kier alpha value is -1.51. The highest BCUT2D eigenvalue weighted by atomic mass is 16.5. The highest BCUT2D eigenvalue weighted by Crippen LogP contribution is 2.27. The second-order valence-corrected chi connectivity index (χ2v) is 5.51. The molecule has 1 aromatic carbocycles. The summed E-state index contributed by atoms with van der Waals surface area (Å²) in [4.78, 5) is 13.3. The fraction of sp³-hybridized carbons (Fsp3) is 0.562. The van der Waals surface area contributed by atoms with Crippen molar-refractivity contribution < 1.29 is 9.53 Å². The van der Waals surface area contributed by atoms with Gasteiger partial charge < -0.3 is 9.64 Å². The van der Waals surface area contributed by atoms with Crippen molar-refractivity contribution in [3.8, 4) is 5.75 Å². The first-order valence-electron chi connectivity index (χ1n) is 7.11. The van der Waals surface area contributed by atoms with Gasteiger partial charge in [0, 0.05) is 19.7 Å². The molecule has 0 spiro atoms. The standard InChI is InChI=1S/C16H23NO2/c1-17(2)16(18)14-7-9-15(10-8-14)19-12-11-13-5-3-4-6-13/h7-10,13H,3-6,11-12H2,1-2H3. The Morgan fingerprint density at radius 2 is 1.84 bits per heavy atom. The predicted molar refractivity (Wildman–Crippen MR) is 76.5 cm³/mol. The van der Waals surface area contributed by atoms with Crippen LogP contribution in [0.2, 0.25) is 0 Å². The third-order valence-electron chi connectivity index (χ3n) is 3.78. The van der Waals surface area contributed by atoms with Crippen molar-refractivity contribution in [1.82, 2.24) is 4.90 Å². The van der Waals surface area contributed by atoms with E-state index in [4.69, 9.17) is 4.74 Å². The molecule has 2 rings (SSSR count). The van der Waals surface area contributed by atoms with Gasteiger partial charge in [0.15, 0.2) is 0 Å². The van der Waals surface area contributed by atoms with Crippen molar-refractivity contribution >= 4 is 5.91 Å². The van der Waals surface area contributed by atoms with Crippen LogP contribution in [0.3, 0.4) is 0 Å². The zero-order valence-electron chi connectivity index (χ0n) is 11.9. The minimum absolute atomic E-state index is 0.0255. The van der Waals surface area contributed by atoms with Crippen molar-refractivity contribution in [3.05, 3.63) is 29.8 Å². The summed E-state index contributed by atoms with van der Waals surface area (Å²) in [7, 11) is 3.52. The molecule has 0 unspecified atom stereocenters. The minimum atomic E-state index is 0.0255. The Kier molecular flexibility index (Phi) is 4.83. The van der Waals surface area contributed by atoms with E-state index in [-0.39, 0.29) is 5.91 Å². The van der Waals surface area contributed by atoms with Crippen LogP contribution < -0.4 is 4.74 Å². The third-order valence-corrected chi connectivity index (χ3v) is 3.78. The van der Waals surface area contributed by atoms with Gasteiger partial charge >= 0.3 is 0 Å². The maximum atomic E-state index is 11.7. The molecule has 0 saturated heterocycles. The maximum absolute atomic E-state index is 11.7. The molecule has 1 aliphatic carbocycles. The van der Waals surface area contributed by atoms with Crippen LogP contribution in [0.5, 0.6) is 5.75 Å². The highest BCUT2D eigenvalue weighted by Gasteiger charge is 2.14. The molecule has 19 heavy (non-hydrogen) atoms. The minimum Gasteiger partial charge on any atom is -0.494 e. The number of benzene rings is 1. The summed E-state index contributed by atoms with van der Waals surface area (Å²) in [5.41, 5.74) is 0.702. The lowest BCUT2D eigenvalue weighted by Crippen LogP contribution is -2.21. The van der Waals surface area contributed by atoms with E-state index >= 15 is 0 Å². The quantitative estimate of drug-likeness (QED) is 0.813. The first-order valence-corrected chi connectivity index (χ1v) is 7.11. The van der Waals surface area contributed by atoms with Gasteiger partial charge in [-0.05, 0) is 36.6 Å². The number of amides is 1. The van der Waals surface area contributed by atoms with Gasteiger partial charge in [-0.1, -0.05) is 25.7 Å². The maximum Gasteiger partial charge on any atom is 0.253 e. The third kappa shape index (κ3) is 3.98. The van der Waals surface area contributed by atoms with E-state index < -0.39 is 0 Å². The second kappa shape index (κ2) is 6.60. The Bertz CT molecular complexity index is 405. The van der Waals surface area contributed by atoms with Crippen molar-refractivity contribution in [2.24, 2.45) is 5.92 Å². The van der Waals surface area contributed by atoms with Crippen molar-refractivity contribution in [2.45, 2.75) is 32.1 Å². The molecule has 1 saturated carbocycles. The van der Waals surface area contributed by atoms with E-state index in [2.05, 4.69) is 0 Å². The molecule has 1 amide bonds. The summed E-state index contributed by atoms with van der Waals surface area (Å²) in [6, 6.07) is 7.41. The normalized spacial score (nSPS) is 15.5. The molecule has 0 aliphatic heterocycles. The molecule has 0 N–H and O–H groups in total. The molecule has 1 aliphatic rings. The van der Waals surface area contributed by atoms with Gasteiger partial charge in [-0.25, -0.2) is 0 Å². The first-order chi connectivity index (χ1) is 9.16. The molecular weight excluding hydrogens is 238 g/mol. The summed E-state index contributed by atoms with van der Waals surface area (Å²) < 4.78 is 5.74. The summed E-state index contributed by atoms with van der Waals surface area (Å²) in [6.07, 6.45) is 6.63. The fourth-order valence-corrected chi connectivity index (χ4v) is 2.59. The molecule has 1 aromatic rings. The molecule has 0 atom stereocenters. The molecule has 1 fully saturated rings. The highest BCUT2D eigenvalue weighted by molar-refractivity contribution is 5.93. The summed E-state index contributed by atoms with van der Waals surface area (Å²) >= 11 is 0. The zero-order valence-corrected chi connectivity index (χ0v) is 11.9. The predicted octanol–water partition coefficient (Wildman–Crippen LogP) is 3.35. The van der Waals surface area contributed by atoms with Gasteiger partial charge in [0.2, 0.25) is 0 Å². The lowest BCUT2D eigenvalue weighted by molar-refractivity contribution is 0.0827. The monoisotopic (exact) mass is 261 g/mol. The van der Waals surface area contributed by atoms with Gasteiger partial charge in [-0.15, -0.1) is 0 Å². The molecule has 104 valence electrons. The molecule has 0 aromatic heterocycles. The Labute approximate surface area is 115 Å². The van der Waals surface area contributed by atoms with E-state index in [1.165, 1.54) is 25.7 Å². The number of rotatable bonds is 5. The fourth-order valence-electron chi connectivity index (χ4n) is 2.59. The van der Waals surface area contributed by atoms with Crippen molar-refractivity contribution in [1.29, 1.82) is 0 Å². The van der Waals surface area contributed by atoms with Crippen molar-refractivity contribution in [3.63, 3.8) is 0 Å². The Balaban J connectivity index is 1.79. The van der Waals surface area contributed by atoms with Crippen LogP contribution in [-0.2, 0) is 0 Å². The van der Waals surface area contributed by atoms with Gasteiger partial charge in [0.25, 0.3) is 5.91 Å². The smallest absolute Gasteiger partial charge is 0.253 e. The number of ether oxygens (including phenoxy) is 1. The molecule has 0 bridgehead atoms. The molecule has 0 radical (unpaired) electrons. The second-order valence-electron chi connectivity index (χ2n) is 5.51. The Morgan fingerprint density at radius 1 is 1.21 bits per heavy atom. The zero-order chi connectivity index (χ0) is 13.7. The number of hydrogen-bond donors (Lipinski definition) is 0. The average Bonchev–Trinajstić information content (AvgIpc) is 2.92. The number of carbonyl (C=O) groups is 1. The van der Waals surface area contributed by atoms with Gasteiger partial charge in [0.1, 0.15) is 5.75 Å². The lowest BCUT2D eigenvalue weighted by atomic mass is 10.1. The van der Waals surface area contributed by atoms with Gasteiger partial charge in [-0.3, -0.25) is 4.79 Å². The molecular formula is C16H23NO2. The van der Waals surface area contributed by atoms with Crippen LogP contribution >= 0.6 is 0 Å². The van der Waals surface area contributed by atoms with Crippen molar-refractivity contribution in [2.75, 3.05) is 20.7 Å². The molecule has 0 heterocycles. The SMILES string of the molecule is CN(C)C(=O)c1ccc(OCCC2CCCC2)cc1. The Morgan fingerprint density at radius 3 is 2.42 bits per heavy atom. The van der Waals surface area contributed by atoms with E-state index in [1.54, 1.807) is 19.0 Å². The van der Waals surface area contributed by atoms with Crippen LogP contribution in [0.15, 0.2) is 24.3 Å².